The highest BCUT2D eigenvalue weighted by molar-refractivity contribution is 14.1. The largest absolute Gasteiger partial charge is 0.484 e. The zero-order valence-corrected chi connectivity index (χ0v) is 18.3. The average molecular weight is 519 g/mol. The van der Waals surface area contributed by atoms with Crippen molar-refractivity contribution in [1.29, 1.82) is 0 Å². The molecule has 146 valence electrons. The SMILES string of the molecule is Cc1ccc(OCC(=O)Nc2ccc3oc(-c4cc(I)ccc4Cl)nc3c2)cc1. The van der Waals surface area contributed by atoms with E-state index in [9.17, 15) is 4.79 Å². The smallest absolute Gasteiger partial charge is 0.262 e. The van der Waals surface area contributed by atoms with Gasteiger partial charge in [-0.25, -0.2) is 4.98 Å². The Balaban J connectivity index is 1.48. The molecule has 5 nitrogen and oxygen atoms in total. The van der Waals surface area contributed by atoms with E-state index >= 15 is 0 Å². The molecule has 0 aliphatic carbocycles. The van der Waals surface area contributed by atoms with Gasteiger partial charge in [-0.05, 0) is 78.0 Å². The Morgan fingerprint density at radius 1 is 1.14 bits per heavy atom. The quantitative estimate of drug-likeness (QED) is 0.325. The van der Waals surface area contributed by atoms with E-state index in [1.807, 2.05) is 49.4 Å². The number of halogens is 2. The van der Waals surface area contributed by atoms with Crippen molar-refractivity contribution < 1.29 is 13.9 Å². The first kappa shape index (κ1) is 19.7. The zero-order chi connectivity index (χ0) is 20.4. The summed E-state index contributed by atoms with van der Waals surface area (Å²) in [7, 11) is 0. The molecule has 0 saturated heterocycles. The van der Waals surface area contributed by atoms with Gasteiger partial charge in [0.15, 0.2) is 12.2 Å². The summed E-state index contributed by atoms with van der Waals surface area (Å²) in [6, 6.07) is 18.5. The molecule has 1 aromatic heterocycles. The normalized spacial score (nSPS) is 10.9. The third-order valence-electron chi connectivity index (χ3n) is 4.22. The molecule has 1 heterocycles. The number of ether oxygens (including phenoxy) is 1. The van der Waals surface area contributed by atoms with Crippen LogP contribution in [0.25, 0.3) is 22.6 Å². The maximum Gasteiger partial charge on any atom is 0.262 e. The van der Waals surface area contributed by atoms with Crippen LogP contribution in [0.2, 0.25) is 5.02 Å². The first-order valence-corrected chi connectivity index (χ1v) is 10.3. The minimum absolute atomic E-state index is 0.0801. The van der Waals surface area contributed by atoms with Crippen LogP contribution in [0.1, 0.15) is 5.56 Å². The van der Waals surface area contributed by atoms with E-state index in [0.717, 1.165) is 14.7 Å². The van der Waals surface area contributed by atoms with Crippen LogP contribution in [0.3, 0.4) is 0 Å². The summed E-state index contributed by atoms with van der Waals surface area (Å²) in [6.07, 6.45) is 0. The van der Waals surface area contributed by atoms with E-state index in [2.05, 4.69) is 32.9 Å². The van der Waals surface area contributed by atoms with Gasteiger partial charge in [0.1, 0.15) is 11.3 Å². The average Bonchev–Trinajstić information content (AvgIpc) is 3.12. The fourth-order valence-electron chi connectivity index (χ4n) is 2.76. The summed E-state index contributed by atoms with van der Waals surface area (Å²) < 4.78 is 12.4. The molecule has 0 bridgehead atoms. The highest BCUT2D eigenvalue weighted by Gasteiger charge is 2.13. The van der Waals surface area contributed by atoms with E-state index < -0.39 is 0 Å². The van der Waals surface area contributed by atoms with Crippen LogP contribution in [0.5, 0.6) is 5.75 Å². The molecule has 29 heavy (non-hydrogen) atoms. The first-order valence-electron chi connectivity index (χ1n) is 8.83. The molecule has 0 saturated carbocycles. The van der Waals surface area contributed by atoms with Crippen molar-refractivity contribution in [1.82, 2.24) is 4.98 Å². The fourth-order valence-corrected chi connectivity index (χ4v) is 3.45. The van der Waals surface area contributed by atoms with E-state index in [1.54, 1.807) is 18.2 Å². The van der Waals surface area contributed by atoms with Gasteiger partial charge in [-0.2, -0.15) is 0 Å². The summed E-state index contributed by atoms with van der Waals surface area (Å²) in [6.45, 7) is 1.91. The molecule has 0 unspecified atom stereocenters. The standard InChI is InChI=1S/C22H16ClIN2O3/c1-13-2-6-16(7-3-13)28-12-21(27)25-15-5-9-20-19(11-15)26-22(29-20)17-10-14(24)4-8-18(17)23/h2-11H,12H2,1H3,(H,25,27). The molecule has 7 heteroatoms. The summed E-state index contributed by atoms with van der Waals surface area (Å²) >= 11 is 8.49. The number of anilines is 1. The van der Waals surface area contributed by atoms with Crippen LogP contribution < -0.4 is 10.1 Å². The Labute approximate surface area is 186 Å². The number of fused-ring (bicyclic) bond motifs is 1. The topological polar surface area (TPSA) is 64.4 Å². The van der Waals surface area contributed by atoms with Crippen molar-refractivity contribution >= 4 is 56.9 Å². The lowest BCUT2D eigenvalue weighted by Crippen LogP contribution is -2.20. The van der Waals surface area contributed by atoms with Gasteiger partial charge in [0, 0.05) is 9.26 Å². The minimum atomic E-state index is -0.255. The third kappa shape index (κ3) is 4.71. The Kier molecular flexibility index (Phi) is 5.73. The molecule has 4 rings (SSSR count). The molecule has 0 aliphatic heterocycles. The van der Waals surface area contributed by atoms with Crippen molar-refractivity contribution in [2.45, 2.75) is 6.92 Å². The van der Waals surface area contributed by atoms with Crippen LogP contribution in [0.4, 0.5) is 5.69 Å². The molecule has 1 amide bonds. The molecule has 0 radical (unpaired) electrons. The number of amides is 1. The number of nitrogens with one attached hydrogen (secondary N) is 1. The monoisotopic (exact) mass is 518 g/mol. The van der Waals surface area contributed by atoms with Crippen LogP contribution >= 0.6 is 34.2 Å². The van der Waals surface area contributed by atoms with Gasteiger partial charge in [0.25, 0.3) is 5.91 Å². The van der Waals surface area contributed by atoms with Gasteiger partial charge in [0.2, 0.25) is 5.89 Å². The van der Waals surface area contributed by atoms with Crippen LogP contribution in [-0.4, -0.2) is 17.5 Å². The molecule has 0 fully saturated rings. The Bertz CT molecular complexity index is 1190. The summed E-state index contributed by atoms with van der Waals surface area (Å²) in [5.41, 5.74) is 3.72. The second kappa shape index (κ2) is 8.42. The second-order valence-corrected chi connectivity index (χ2v) is 8.13. The molecule has 3 aromatic carbocycles. The summed E-state index contributed by atoms with van der Waals surface area (Å²) in [5.74, 6) is 0.834. The minimum Gasteiger partial charge on any atom is -0.484 e. The maximum atomic E-state index is 12.2. The Hall–Kier alpha value is -2.58. The molecule has 0 atom stereocenters. The second-order valence-electron chi connectivity index (χ2n) is 6.48. The molecule has 4 aromatic rings. The van der Waals surface area contributed by atoms with Crippen LogP contribution in [-0.2, 0) is 4.79 Å². The van der Waals surface area contributed by atoms with Gasteiger partial charge in [-0.15, -0.1) is 0 Å². The lowest BCUT2D eigenvalue weighted by molar-refractivity contribution is -0.118. The number of aromatic nitrogens is 1. The van der Waals surface area contributed by atoms with Gasteiger partial charge >= 0.3 is 0 Å². The molecule has 1 N–H and O–H groups in total. The van der Waals surface area contributed by atoms with Crippen LogP contribution in [0, 0.1) is 10.5 Å². The summed E-state index contributed by atoms with van der Waals surface area (Å²) in [4.78, 5) is 16.7. The number of aryl methyl sites for hydroxylation is 1. The number of carbonyl (C=O) groups is 1. The molecule has 0 spiro atoms. The zero-order valence-electron chi connectivity index (χ0n) is 15.4. The first-order chi connectivity index (χ1) is 14.0. The number of carbonyl (C=O) groups excluding carboxylic acids is 1. The van der Waals surface area contributed by atoms with Gasteiger partial charge < -0.3 is 14.5 Å². The number of hydrogen-bond donors (Lipinski definition) is 1. The number of hydrogen-bond acceptors (Lipinski definition) is 4. The summed E-state index contributed by atoms with van der Waals surface area (Å²) in [5, 5.41) is 3.38. The number of nitrogens with zero attached hydrogens (tertiary/aromatic N) is 1. The molecule has 0 aliphatic rings. The van der Waals surface area contributed by atoms with E-state index in [0.29, 0.717) is 33.4 Å². The predicted molar refractivity (Wildman–Crippen MR) is 122 cm³/mol. The van der Waals surface area contributed by atoms with Crippen molar-refractivity contribution in [3.63, 3.8) is 0 Å². The maximum absolute atomic E-state index is 12.2. The highest BCUT2D eigenvalue weighted by atomic mass is 127. The van der Waals surface area contributed by atoms with Crippen LogP contribution in [0.15, 0.2) is 65.1 Å². The lowest BCUT2D eigenvalue weighted by Gasteiger charge is -2.07. The van der Waals surface area contributed by atoms with Crippen molar-refractivity contribution in [3.05, 3.63) is 74.8 Å². The Morgan fingerprint density at radius 2 is 1.93 bits per heavy atom. The number of rotatable bonds is 5. The fraction of sp³-hybridized carbons (Fsp3) is 0.0909. The van der Waals surface area contributed by atoms with Crippen molar-refractivity contribution in [2.24, 2.45) is 0 Å². The predicted octanol–water partition coefficient (Wildman–Crippen LogP) is 6.08. The highest BCUT2D eigenvalue weighted by Crippen LogP contribution is 2.32. The number of benzene rings is 3. The van der Waals surface area contributed by atoms with Crippen molar-refractivity contribution in [3.8, 4) is 17.2 Å². The number of oxazole rings is 1. The Morgan fingerprint density at radius 3 is 2.72 bits per heavy atom. The third-order valence-corrected chi connectivity index (χ3v) is 5.22. The van der Waals surface area contributed by atoms with Gasteiger partial charge in [-0.1, -0.05) is 29.3 Å². The van der Waals surface area contributed by atoms with Gasteiger partial charge in [0.05, 0.1) is 10.6 Å². The van der Waals surface area contributed by atoms with Crippen molar-refractivity contribution in [2.75, 3.05) is 11.9 Å². The molecular formula is C22H16ClIN2O3. The van der Waals surface area contributed by atoms with E-state index in [4.69, 9.17) is 20.8 Å². The molecular weight excluding hydrogens is 503 g/mol. The lowest BCUT2D eigenvalue weighted by atomic mass is 10.2. The van der Waals surface area contributed by atoms with E-state index in [1.165, 1.54) is 0 Å². The van der Waals surface area contributed by atoms with E-state index in [-0.39, 0.29) is 12.5 Å². The van der Waals surface area contributed by atoms with Gasteiger partial charge in [-0.3, -0.25) is 4.79 Å².